The summed E-state index contributed by atoms with van der Waals surface area (Å²) >= 11 is 5.78. The van der Waals surface area contributed by atoms with Gasteiger partial charge in [-0.25, -0.2) is 0 Å². The molecule has 84 valence electrons. The van der Waals surface area contributed by atoms with E-state index in [1.165, 1.54) is 6.08 Å². The van der Waals surface area contributed by atoms with Crippen LogP contribution in [0.4, 0.5) is 0 Å². The second-order valence-corrected chi connectivity index (χ2v) is 4.06. The fourth-order valence-corrected chi connectivity index (χ4v) is 2.05. The van der Waals surface area contributed by atoms with Crippen LogP contribution in [0.1, 0.15) is 20.7 Å². The van der Waals surface area contributed by atoms with Gasteiger partial charge in [-0.05, 0) is 0 Å². The summed E-state index contributed by atoms with van der Waals surface area (Å²) in [4.78, 5) is 24.3. The van der Waals surface area contributed by atoms with Crippen molar-refractivity contribution in [2.24, 2.45) is 0 Å². The van der Waals surface area contributed by atoms with Gasteiger partial charge in [0.05, 0.1) is 5.57 Å². The minimum Gasteiger partial charge on any atom is -0.289 e. The van der Waals surface area contributed by atoms with E-state index in [0.717, 1.165) is 0 Å². The van der Waals surface area contributed by atoms with E-state index in [1.54, 1.807) is 24.3 Å². The van der Waals surface area contributed by atoms with Crippen LogP contribution in [-0.4, -0.2) is 11.6 Å². The first-order valence-corrected chi connectivity index (χ1v) is 5.35. The molecule has 0 radical (unpaired) electrons. The number of hydrogen-bond donors (Lipinski definition) is 0. The number of ketones is 2. The Hall–Kier alpha value is -1.93. The molecule has 0 bridgehead atoms. The molecule has 1 aliphatic carbocycles. The molecule has 0 N–H and O–H groups in total. The number of carbonyl (C=O) groups excluding carboxylic acids is 2. The number of benzene rings is 1. The van der Waals surface area contributed by atoms with E-state index >= 15 is 0 Å². The van der Waals surface area contributed by atoms with Gasteiger partial charge in [0.2, 0.25) is 0 Å². The van der Waals surface area contributed by atoms with Crippen LogP contribution >= 0.6 is 11.6 Å². The molecule has 0 fully saturated rings. The van der Waals surface area contributed by atoms with Gasteiger partial charge >= 0.3 is 0 Å². The first-order valence-electron chi connectivity index (χ1n) is 4.98. The Morgan fingerprint density at radius 2 is 1.65 bits per heavy atom. The average molecular weight is 245 g/mol. The van der Waals surface area contributed by atoms with Crippen molar-refractivity contribution in [2.45, 2.75) is 0 Å². The zero-order valence-corrected chi connectivity index (χ0v) is 9.75. The van der Waals surface area contributed by atoms with Crippen LogP contribution in [0.5, 0.6) is 0 Å². The van der Waals surface area contributed by atoms with Gasteiger partial charge in [0.1, 0.15) is 0 Å². The van der Waals surface area contributed by atoms with Crippen LogP contribution in [0.2, 0.25) is 0 Å². The third kappa shape index (κ3) is 1.67. The summed E-state index contributed by atoms with van der Waals surface area (Å²) in [5, 5.41) is 0.0627. The number of Topliss-reactive ketones (excluding diaryl/α,β-unsaturated/α-hetero) is 2. The van der Waals surface area contributed by atoms with Crippen molar-refractivity contribution in [3.63, 3.8) is 0 Å². The number of halogens is 1. The average Bonchev–Trinajstić information content (AvgIpc) is 2.33. The van der Waals surface area contributed by atoms with Crippen molar-refractivity contribution in [1.82, 2.24) is 0 Å². The largest absolute Gasteiger partial charge is 0.289 e. The molecule has 0 atom stereocenters. The molecule has 0 aromatic heterocycles. The van der Waals surface area contributed by atoms with Crippen molar-refractivity contribution >= 4 is 23.2 Å². The summed E-state index contributed by atoms with van der Waals surface area (Å²) in [5.74, 6) is -0.526. The predicted molar refractivity (Wildman–Crippen MR) is 67.3 cm³/mol. The van der Waals surface area contributed by atoms with Crippen LogP contribution in [0, 0.1) is 0 Å². The van der Waals surface area contributed by atoms with Crippen LogP contribution in [0.25, 0.3) is 0 Å². The zero-order valence-electron chi connectivity index (χ0n) is 9.00. The molecular weight excluding hydrogens is 236 g/mol. The highest BCUT2D eigenvalue weighted by atomic mass is 35.5. The van der Waals surface area contributed by atoms with Crippen molar-refractivity contribution in [1.29, 1.82) is 0 Å². The van der Waals surface area contributed by atoms with Crippen LogP contribution < -0.4 is 0 Å². The molecule has 17 heavy (non-hydrogen) atoms. The normalized spacial score (nSPS) is 14.6. The standard InChI is InChI=1S/C14H9ClO2/c1-3-9-12(8(2)15)14(17)11-7-5-4-6-10(11)13(9)16/h3-7H,1-2H2. The summed E-state index contributed by atoms with van der Waals surface area (Å²) in [6.07, 6.45) is 1.35. The Balaban J connectivity index is 2.77. The maximum Gasteiger partial charge on any atom is 0.195 e. The van der Waals surface area contributed by atoms with Crippen molar-refractivity contribution in [3.8, 4) is 0 Å². The van der Waals surface area contributed by atoms with Gasteiger partial charge in [-0.2, -0.15) is 0 Å². The number of rotatable bonds is 2. The lowest BCUT2D eigenvalue weighted by molar-refractivity contribution is 0.0980. The Morgan fingerprint density at radius 3 is 2.12 bits per heavy atom. The molecular formula is C14H9ClO2. The number of hydrogen-bond acceptors (Lipinski definition) is 2. The third-order valence-electron chi connectivity index (χ3n) is 2.63. The molecule has 0 saturated heterocycles. The van der Waals surface area contributed by atoms with Crippen LogP contribution in [-0.2, 0) is 0 Å². The second-order valence-electron chi connectivity index (χ2n) is 3.60. The molecule has 2 nitrogen and oxygen atoms in total. The highest BCUT2D eigenvalue weighted by Gasteiger charge is 2.31. The van der Waals surface area contributed by atoms with Gasteiger partial charge in [-0.3, -0.25) is 9.59 Å². The molecule has 0 saturated carbocycles. The number of allylic oxidation sites excluding steroid dienone is 4. The van der Waals surface area contributed by atoms with Crippen LogP contribution in [0.3, 0.4) is 0 Å². The summed E-state index contributed by atoms with van der Waals surface area (Å²) in [6, 6.07) is 6.64. The highest BCUT2D eigenvalue weighted by molar-refractivity contribution is 6.40. The maximum atomic E-state index is 12.2. The number of fused-ring (bicyclic) bond motifs is 1. The molecule has 0 amide bonds. The predicted octanol–water partition coefficient (Wildman–Crippen LogP) is 3.30. The van der Waals surface area contributed by atoms with Crippen molar-refractivity contribution in [3.05, 3.63) is 70.8 Å². The van der Waals surface area contributed by atoms with E-state index in [-0.39, 0.29) is 27.7 Å². The molecule has 3 heteroatoms. The fourth-order valence-electron chi connectivity index (χ4n) is 1.86. The van der Waals surface area contributed by atoms with E-state index in [4.69, 9.17) is 11.6 Å². The Bertz CT molecular complexity index is 594. The molecule has 2 rings (SSSR count). The van der Waals surface area contributed by atoms with E-state index < -0.39 is 0 Å². The highest BCUT2D eigenvalue weighted by Crippen LogP contribution is 2.31. The molecule has 1 aromatic carbocycles. The lowest BCUT2D eigenvalue weighted by Crippen LogP contribution is -2.21. The lowest BCUT2D eigenvalue weighted by atomic mass is 9.84. The summed E-state index contributed by atoms with van der Waals surface area (Å²) in [7, 11) is 0. The first-order chi connectivity index (χ1) is 8.07. The molecule has 0 unspecified atom stereocenters. The monoisotopic (exact) mass is 244 g/mol. The Labute approximate surface area is 104 Å². The molecule has 1 aromatic rings. The maximum absolute atomic E-state index is 12.2. The molecule has 0 aliphatic heterocycles. The van der Waals surface area contributed by atoms with Crippen molar-refractivity contribution < 1.29 is 9.59 Å². The molecule has 0 heterocycles. The first kappa shape index (κ1) is 11.6. The van der Waals surface area contributed by atoms with Crippen LogP contribution in [0.15, 0.2) is 59.7 Å². The van der Waals surface area contributed by atoms with Gasteiger partial charge in [-0.1, -0.05) is 55.1 Å². The lowest BCUT2D eigenvalue weighted by Gasteiger charge is -2.18. The topological polar surface area (TPSA) is 34.1 Å². The van der Waals surface area contributed by atoms with E-state index in [9.17, 15) is 9.59 Å². The third-order valence-corrected chi connectivity index (χ3v) is 2.82. The Morgan fingerprint density at radius 1 is 1.12 bits per heavy atom. The van der Waals surface area contributed by atoms with E-state index in [1.807, 2.05) is 0 Å². The van der Waals surface area contributed by atoms with Crippen molar-refractivity contribution in [2.75, 3.05) is 0 Å². The van der Waals surface area contributed by atoms with Gasteiger partial charge in [-0.15, -0.1) is 0 Å². The van der Waals surface area contributed by atoms with Gasteiger partial charge in [0, 0.05) is 21.7 Å². The SMILES string of the molecule is C=CC1=C(C(=C)Cl)C(=O)c2ccccc2C1=O. The molecule has 0 spiro atoms. The molecule has 1 aliphatic rings. The summed E-state index contributed by atoms with van der Waals surface area (Å²) in [6.45, 7) is 7.07. The zero-order chi connectivity index (χ0) is 12.6. The quantitative estimate of drug-likeness (QED) is 0.800. The van der Waals surface area contributed by atoms with Gasteiger partial charge in [0.25, 0.3) is 0 Å². The minimum absolute atomic E-state index is 0.0627. The van der Waals surface area contributed by atoms with E-state index in [2.05, 4.69) is 13.2 Å². The number of carbonyl (C=O) groups is 2. The van der Waals surface area contributed by atoms with Gasteiger partial charge < -0.3 is 0 Å². The second kappa shape index (κ2) is 4.15. The summed E-state index contributed by atoms with van der Waals surface area (Å²) in [5.41, 5.74) is 1.10. The van der Waals surface area contributed by atoms with E-state index in [0.29, 0.717) is 11.1 Å². The summed E-state index contributed by atoms with van der Waals surface area (Å²) < 4.78 is 0. The smallest absolute Gasteiger partial charge is 0.195 e. The van der Waals surface area contributed by atoms with Gasteiger partial charge in [0.15, 0.2) is 11.6 Å². The fraction of sp³-hybridized carbons (Fsp3) is 0. The minimum atomic E-state index is -0.282. The Kier molecular flexibility index (Phi) is 2.82.